The monoisotopic (exact) mass is 442 g/mol. The van der Waals surface area contributed by atoms with Crippen molar-refractivity contribution in [2.24, 2.45) is 0 Å². The molecule has 0 saturated heterocycles. The number of nitrogens with zero attached hydrogens (tertiary/aromatic N) is 1. The third-order valence-electron chi connectivity index (χ3n) is 4.82. The van der Waals surface area contributed by atoms with Gasteiger partial charge in [0.25, 0.3) is 0 Å². The number of nitrogens with one attached hydrogen (secondary N) is 1. The van der Waals surface area contributed by atoms with Crippen LogP contribution in [-0.2, 0) is 11.3 Å². The van der Waals surface area contributed by atoms with Crippen molar-refractivity contribution in [2.45, 2.75) is 6.54 Å². The minimum Gasteiger partial charge on any atom is -0.495 e. The Bertz CT molecular complexity index is 1240. The zero-order chi connectivity index (χ0) is 21.3. The van der Waals surface area contributed by atoms with Gasteiger partial charge in [0.2, 0.25) is 5.91 Å². The quantitative estimate of drug-likeness (QED) is 0.399. The van der Waals surface area contributed by atoms with Crippen LogP contribution < -0.4 is 10.1 Å². The van der Waals surface area contributed by atoms with Gasteiger partial charge in [0, 0.05) is 23.4 Å². The number of hydrogen-bond acceptors (Lipinski definition) is 4. The van der Waals surface area contributed by atoms with E-state index in [1.165, 1.54) is 0 Å². The first-order chi connectivity index (χ1) is 14.4. The van der Waals surface area contributed by atoms with Gasteiger partial charge < -0.3 is 14.5 Å². The summed E-state index contributed by atoms with van der Waals surface area (Å²) < 4.78 is 11.4. The molecule has 1 N–H and O–H groups in total. The smallest absolute Gasteiger partial charge is 0.238 e. The van der Waals surface area contributed by atoms with Gasteiger partial charge in [-0.25, -0.2) is 0 Å². The molecule has 0 fully saturated rings. The molecule has 0 atom stereocenters. The van der Waals surface area contributed by atoms with Gasteiger partial charge in [0.15, 0.2) is 0 Å². The van der Waals surface area contributed by atoms with Crippen molar-refractivity contribution in [1.29, 1.82) is 0 Å². The summed E-state index contributed by atoms with van der Waals surface area (Å²) in [5.74, 6) is 0.417. The average Bonchev–Trinajstić information content (AvgIpc) is 3.07. The molecule has 154 valence electrons. The number of hydrogen-bond donors (Lipinski definition) is 1. The largest absolute Gasteiger partial charge is 0.495 e. The number of amides is 1. The van der Waals surface area contributed by atoms with Gasteiger partial charge in [-0.1, -0.05) is 47.5 Å². The van der Waals surface area contributed by atoms with Crippen LogP contribution in [0.25, 0.3) is 21.9 Å². The van der Waals surface area contributed by atoms with E-state index in [4.69, 9.17) is 32.4 Å². The third kappa shape index (κ3) is 4.24. The molecule has 0 aliphatic rings. The van der Waals surface area contributed by atoms with E-state index in [2.05, 4.69) is 5.32 Å². The Balaban J connectivity index is 1.50. The fourth-order valence-corrected chi connectivity index (χ4v) is 3.78. The molecule has 3 aromatic carbocycles. The van der Waals surface area contributed by atoms with Crippen LogP contribution in [-0.4, -0.2) is 31.5 Å². The van der Waals surface area contributed by atoms with Crippen LogP contribution in [0.3, 0.4) is 0 Å². The van der Waals surface area contributed by atoms with E-state index in [9.17, 15) is 4.79 Å². The van der Waals surface area contributed by atoms with Crippen LogP contribution >= 0.6 is 23.2 Å². The van der Waals surface area contributed by atoms with Crippen LogP contribution in [0, 0.1) is 0 Å². The fourth-order valence-electron chi connectivity index (χ4n) is 3.46. The normalized spacial score (nSPS) is 11.4. The lowest BCUT2D eigenvalue weighted by atomic mass is 10.1. The zero-order valence-electron chi connectivity index (χ0n) is 16.5. The van der Waals surface area contributed by atoms with E-state index in [1.807, 2.05) is 48.3 Å². The highest BCUT2D eigenvalue weighted by Crippen LogP contribution is 2.36. The first-order valence-corrected chi connectivity index (χ1v) is 10.1. The zero-order valence-corrected chi connectivity index (χ0v) is 18.1. The number of carbonyl (C=O) groups is 1. The maximum absolute atomic E-state index is 12.6. The maximum atomic E-state index is 12.6. The molecule has 1 aromatic heterocycles. The van der Waals surface area contributed by atoms with Gasteiger partial charge in [0.05, 0.1) is 29.4 Å². The highest BCUT2D eigenvalue weighted by Gasteiger charge is 2.15. The van der Waals surface area contributed by atoms with E-state index in [1.54, 1.807) is 25.3 Å². The van der Waals surface area contributed by atoms with Crippen molar-refractivity contribution < 1.29 is 13.9 Å². The standard InChI is InChI=1S/C23H20Cl2N2O3/c1-27(12-14-7-8-17(24)18(25)9-14)13-23(28)26-19-11-21-16(10-22(19)29-2)15-5-3-4-6-20(15)30-21/h3-11H,12-13H2,1-2H3,(H,26,28). The maximum Gasteiger partial charge on any atom is 0.238 e. The lowest BCUT2D eigenvalue weighted by Crippen LogP contribution is -2.30. The molecule has 4 rings (SSSR count). The van der Waals surface area contributed by atoms with Crippen LogP contribution in [0.15, 0.2) is 59.0 Å². The number of halogens is 2. The number of ether oxygens (including phenoxy) is 1. The summed E-state index contributed by atoms with van der Waals surface area (Å²) in [5.41, 5.74) is 3.02. The summed E-state index contributed by atoms with van der Waals surface area (Å²) in [6.45, 7) is 0.756. The molecule has 1 heterocycles. The van der Waals surface area contributed by atoms with Gasteiger partial charge in [-0.2, -0.15) is 0 Å². The SMILES string of the molecule is COc1cc2c(cc1NC(=O)CN(C)Cc1ccc(Cl)c(Cl)c1)oc1ccccc12. The molecule has 0 bridgehead atoms. The van der Waals surface area contributed by atoms with E-state index in [-0.39, 0.29) is 12.5 Å². The van der Waals surface area contributed by atoms with Gasteiger partial charge in [-0.15, -0.1) is 0 Å². The minimum absolute atomic E-state index is 0.161. The van der Waals surface area contributed by atoms with Crippen LogP contribution in [0.1, 0.15) is 5.56 Å². The third-order valence-corrected chi connectivity index (χ3v) is 5.56. The van der Waals surface area contributed by atoms with Crippen molar-refractivity contribution in [3.05, 3.63) is 70.2 Å². The Morgan fingerprint density at radius 2 is 1.83 bits per heavy atom. The number of likely N-dealkylation sites (N-methyl/N-ethyl adjacent to an activating group) is 1. The van der Waals surface area contributed by atoms with E-state index in [0.717, 1.165) is 21.9 Å². The Morgan fingerprint density at radius 1 is 1.03 bits per heavy atom. The van der Waals surface area contributed by atoms with E-state index in [0.29, 0.717) is 33.6 Å². The lowest BCUT2D eigenvalue weighted by molar-refractivity contribution is -0.117. The molecule has 0 saturated carbocycles. The summed E-state index contributed by atoms with van der Waals surface area (Å²) >= 11 is 12.0. The molecule has 0 radical (unpaired) electrons. The van der Waals surface area contributed by atoms with Crippen LogP contribution in [0.5, 0.6) is 5.75 Å². The number of para-hydroxylation sites is 1. The molecule has 4 aromatic rings. The summed E-state index contributed by atoms with van der Waals surface area (Å²) in [6.07, 6.45) is 0. The molecule has 0 aliphatic heterocycles. The topological polar surface area (TPSA) is 54.7 Å². The highest BCUT2D eigenvalue weighted by atomic mass is 35.5. The number of methoxy groups -OCH3 is 1. The Hall–Kier alpha value is -2.73. The first-order valence-electron chi connectivity index (χ1n) is 9.36. The highest BCUT2D eigenvalue weighted by molar-refractivity contribution is 6.42. The van der Waals surface area contributed by atoms with E-state index < -0.39 is 0 Å². The molecule has 7 heteroatoms. The molecule has 0 spiro atoms. The van der Waals surface area contributed by atoms with Gasteiger partial charge >= 0.3 is 0 Å². The van der Waals surface area contributed by atoms with Crippen LogP contribution in [0.4, 0.5) is 5.69 Å². The van der Waals surface area contributed by atoms with Crippen molar-refractivity contribution in [1.82, 2.24) is 4.90 Å². The first kappa shape index (κ1) is 20.5. The number of furan rings is 1. The van der Waals surface area contributed by atoms with E-state index >= 15 is 0 Å². The summed E-state index contributed by atoms with van der Waals surface area (Å²) in [4.78, 5) is 14.5. The van der Waals surface area contributed by atoms with Crippen LogP contribution in [0.2, 0.25) is 10.0 Å². The predicted molar refractivity (Wildman–Crippen MR) is 122 cm³/mol. The van der Waals surface area contributed by atoms with Crippen molar-refractivity contribution in [3.8, 4) is 5.75 Å². The second kappa shape index (κ2) is 8.56. The number of anilines is 1. The molecule has 30 heavy (non-hydrogen) atoms. The molecule has 0 unspecified atom stereocenters. The summed E-state index contributed by atoms with van der Waals surface area (Å²) in [6, 6.07) is 16.9. The van der Waals surface area contributed by atoms with Gasteiger partial charge in [-0.05, 0) is 36.9 Å². The van der Waals surface area contributed by atoms with Gasteiger partial charge in [-0.3, -0.25) is 9.69 Å². The molecule has 0 aliphatic carbocycles. The second-order valence-corrected chi connectivity index (χ2v) is 7.93. The average molecular weight is 443 g/mol. The Labute approximate surface area is 184 Å². The molecular weight excluding hydrogens is 423 g/mol. The molecule has 5 nitrogen and oxygen atoms in total. The summed E-state index contributed by atoms with van der Waals surface area (Å²) in [7, 11) is 3.44. The predicted octanol–water partition coefficient (Wildman–Crippen LogP) is 5.97. The molecule has 1 amide bonds. The van der Waals surface area contributed by atoms with Crippen molar-refractivity contribution in [3.63, 3.8) is 0 Å². The number of benzene rings is 3. The minimum atomic E-state index is -0.161. The molecular formula is C23H20Cl2N2O3. The fraction of sp³-hybridized carbons (Fsp3) is 0.174. The Morgan fingerprint density at radius 3 is 2.60 bits per heavy atom. The van der Waals surface area contributed by atoms with Crippen molar-refractivity contribution >= 4 is 56.7 Å². The van der Waals surface area contributed by atoms with Gasteiger partial charge in [0.1, 0.15) is 16.9 Å². The number of rotatable bonds is 6. The Kier molecular flexibility index (Phi) is 5.86. The lowest BCUT2D eigenvalue weighted by Gasteiger charge is -2.17. The summed E-state index contributed by atoms with van der Waals surface area (Å²) in [5, 5.41) is 5.87. The number of carbonyl (C=O) groups excluding carboxylic acids is 1. The second-order valence-electron chi connectivity index (χ2n) is 7.12. The number of fused-ring (bicyclic) bond motifs is 3. The van der Waals surface area contributed by atoms with Crippen molar-refractivity contribution in [2.75, 3.05) is 26.0 Å².